The molecule has 0 aromatic rings. The molecule has 1 amide bonds. The van der Waals surface area contributed by atoms with Crippen LogP contribution in [0, 0.1) is 17.2 Å². The van der Waals surface area contributed by atoms with E-state index in [4.69, 9.17) is 15.7 Å². The van der Waals surface area contributed by atoms with E-state index in [1.165, 1.54) is 0 Å². The third-order valence-electron chi connectivity index (χ3n) is 3.18. The minimum Gasteiger partial charge on any atom is -0.381 e. The van der Waals surface area contributed by atoms with Gasteiger partial charge in [-0.1, -0.05) is 13.8 Å². The number of amides is 1. The standard InChI is InChI=1S/C13H23N3O2/c1-11(2)10-16(7-3-6-14)12(17)13(15)4-8-18-9-5-13/h11H,3-5,7-10,15H2,1-2H3. The molecule has 0 bridgehead atoms. The number of ether oxygens (including phenoxy) is 1. The van der Waals surface area contributed by atoms with Crippen molar-refractivity contribution >= 4 is 5.91 Å². The van der Waals surface area contributed by atoms with Crippen LogP contribution in [0.25, 0.3) is 0 Å². The molecular formula is C13H23N3O2. The van der Waals surface area contributed by atoms with Gasteiger partial charge in [0.05, 0.1) is 18.0 Å². The van der Waals surface area contributed by atoms with E-state index < -0.39 is 5.54 Å². The molecule has 18 heavy (non-hydrogen) atoms. The van der Waals surface area contributed by atoms with Crippen LogP contribution in [0.3, 0.4) is 0 Å². The number of rotatable bonds is 5. The number of carbonyl (C=O) groups excluding carboxylic acids is 1. The van der Waals surface area contributed by atoms with Crippen LogP contribution in [0.4, 0.5) is 0 Å². The van der Waals surface area contributed by atoms with Gasteiger partial charge in [-0.15, -0.1) is 0 Å². The molecular weight excluding hydrogens is 230 g/mol. The van der Waals surface area contributed by atoms with Crippen molar-refractivity contribution in [3.05, 3.63) is 0 Å². The second kappa shape index (κ2) is 6.72. The Morgan fingerprint density at radius 3 is 2.61 bits per heavy atom. The van der Waals surface area contributed by atoms with Gasteiger partial charge in [-0.05, 0) is 18.8 Å². The third kappa shape index (κ3) is 3.97. The van der Waals surface area contributed by atoms with Gasteiger partial charge in [-0.25, -0.2) is 0 Å². The molecule has 1 fully saturated rings. The van der Waals surface area contributed by atoms with Crippen molar-refractivity contribution in [2.24, 2.45) is 11.7 Å². The minimum atomic E-state index is -0.803. The molecule has 0 aromatic carbocycles. The van der Waals surface area contributed by atoms with Crippen molar-refractivity contribution in [3.8, 4) is 6.07 Å². The van der Waals surface area contributed by atoms with Gasteiger partial charge < -0.3 is 15.4 Å². The summed E-state index contributed by atoms with van der Waals surface area (Å²) >= 11 is 0. The van der Waals surface area contributed by atoms with Gasteiger partial charge in [0.25, 0.3) is 0 Å². The number of nitrogens with two attached hydrogens (primary N) is 1. The molecule has 0 aliphatic carbocycles. The van der Waals surface area contributed by atoms with Gasteiger partial charge >= 0.3 is 0 Å². The summed E-state index contributed by atoms with van der Waals surface area (Å²) in [5.74, 6) is 0.339. The first-order valence-electron chi connectivity index (χ1n) is 6.52. The van der Waals surface area contributed by atoms with E-state index >= 15 is 0 Å². The molecule has 1 heterocycles. The van der Waals surface area contributed by atoms with Gasteiger partial charge in [-0.3, -0.25) is 4.79 Å². The smallest absolute Gasteiger partial charge is 0.242 e. The number of carbonyl (C=O) groups is 1. The fourth-order valence-corrected chi connectivity index (χ4v) is 2.17. The molecule has 1 rings (SSSR count). The van der Waals surface area contributed by atoms with E-state index in [0.717, 1.165) is 0 Å². The topological polar surface area (TPSA) is 79.4 Å². The summed E-state index contributed by atoms with van der Waals surface area (Å²) in [4.78, 5) is 14.2. The zero-order valence-electron chi connectivity index (χ0n) is 11.3. The molecule has 0 spiro atoms. The lowest BCUT2D eigenvalue weighted by Crippen LogP contribution is -2.58. The Labute approximate surface area is 109 Å². The van der Waals surface area contributed by atoms with E-state index in [-0.39, 0.29) is 5.91 Å². The summed E-state index contributed by atoms with van der Waals surface area (Å²) in [5, 5.41) is 8.67. The van der Waals surface area contributed by atoms with Crippen LogP contribution >= 0.6 is 0 Å². The van der Waals surface area contributed by atoms with Crippen molar-refractivity contribution in [1.29, 1.82) is 5.26 Å². The van der Waals surface area contributed by atoms with E-state index in [2.05, 4.69) is 19.9 Å². The lowest BCUT2D eigenvalue weighted by Gasteiger charge is -2.37. The average Bonchev–Trinajstić information content (AvgIpc) is 2.34. The zero-order chi connectivity index (χ0) is 13.6. The van der Waals surface area contributed by atoms with Crippen LogP contribution in [-0.2, 0) is 9.53 Å². The van der Waals surface area contributed by atoms with E-state index in [1.54, 1.807) is 4.90 Å². The van der Waals surface area contributed by atoms with E-state index in [1.807, 2.05) is 0 Å². The molecule has 0 radical (unpaired) electrons. The lowest BCUT2D eigenvalue weighted by atomic mass is 9.89. The second-order valence-electron chi connectivity index (χ2n) is 5.32. The van der Waals surface area contributed by atoms with Gasteiger partial charge in [0, 0.05) is 26.3 Å². The van der Waals surface area contributed by atoms with Gasteiger partial charge in [0.15, 0.2) is 0 Å². The summed E-state index contributed by atoms with van der Waals surface area (Å²) in [6.07, 6.45) is 1.48. The normalized spacial score (nSPS) is 18.4. The highest BCUT2D eigenvalue weighted by molar-refractivity contribution is 5.86. The number of hydrogen-bond acceptors (Lipinski definition) is 4. The first kappa shape index (κ1) is 14.9. The molecule has 1 saturated heterocycles. The SMILES string of the molecule is CC(C)CN(CCC#N)C(=O)C1(N)CCOCC1. The van der Waals surface area contributed by atoms with Crippen LogP contribution < -0.4 is 5.73 Å². The summed E-state index contributed by atoms with van der Waals surface area (Å²) in [6, 6.07) is 2.08. The van der Waals surface area contributed by atoms with Crippen LogP contribution in [0.15, 0.2) is 0 Å². The quantitative estimate of drug-likeness (QED) is 0.789. The van der Waals surface area contributed by atoms with E-state index in [0.29, 0.717) is 51.5 Å². The molecule has 1 aliphatic heterocycles. The maximum atomic E-state index is 12.5. The van der Waals surface area contributed by atoms with Crippen molar-refractivity contribution in [2.45, 2.75) is 38.6 Å². The first-order chi connectivity index (χ1) is 8.49. The molecule has 5 nitrogen and oxygen atoms in total. The maximum absolute atomic E-state index is 12.5. The predicted molar refractivity (Wildman–Crippen MR) is 68.6 cm³/mol. The van der Waals surface area contributed by atoms with Crippen molar-refractivity contribution < 1.29 is 9.53 Å². The van der Waals surface area contributed by atoms with Crippen molar-refractivity contribution in [2.75, 3.05) is 26.3 Å². The minimum absolute atomic E-state index is 0.0326. The molecule has 2 N–H and O–H groups in total. The summed E-state index contributed by atoms with van der Waals surface area (Å²) in [5.41, 5.74) is 5.39. The van der Waals surface area contributed by atoms with Gasteiger partial charge in [-0.2, -0.15) is 5.26 Å². The van der Waals surface area contributed by atoms with Crippen molar-refractivity contribution in [1.82, 2.24) is 4.90 Å². The van der Waals surface area contributed by atoms with Crippen LogP contribution in [0.5, 0.6) is 0 Å². The number of nitriles is 1. The maximum Gasteiger partial charge on any atom is 0.242 e. The Bertz CT molecular complexity index is 317. The van der Waals surface area contributed by atoms with Gasteiger partial charge in [0.2, 0.25) is 5.91 Å². The van der Waals surface area contributed by atoms with E-state index in [9.17, 15) is 4.79 Å². The largest absolute Gasteiger partial charge is 0.381 e. The second-order valence-corrected chi connectivity index (χ2v) is 5.32. The lowest BCUT2D eigenvalue weighted by molar-refractivity contribution is -0.141. The summed E-state index contributed by atoms with van der Waals surface area (Å²) < 4.78 is 5.25. The summed E-state index contributed by atoms with van der Waals surface area (Å²) in [6.45, 7) is 6.30. The Kier molecular flexibility index (Phi) is 5.57. The molecule has 102 valence electrons. The Morgan fingerprint density at radius 1 is 1.50 bits per heavy atom. The van der Waals surface area contributed by atoms with Crippen LogP contribution in [0.1, 0.15) is 33.1 Å². The highest BCUT2D eigenvalue weighted by atomic mass is 16.5. The predicted octanol–water partition coefficient (Wildman–Crippen LogP) is 0.893. The highest BCUT2D eigenvalue weighted by Gasteiger charge is 2.38. The Morgan fingerprint density at radius 2 is 2.11 bits per heavy atom. The van der Waals surface area contributed by atoms with Crippen LogP contribution in [-0.4, -0.2) is 42.6 Å². The molecule has 0 saturated carbocycles. The van der Waals surface area contributed by atoms with Crippen molar-refractivity contribution in [3.63, 3.8) is 0 Å². The van der Waals surface area contributed by atoms with Crippen LogP contribution in [0.2, 0.25) is 0 Å². The first-order valence-corrected chi connectivity index (χ1v) is 6.52. The average molecular weight is 253 g/mol. The number of hydrogen-bond donors (Lipinski definition) is 1. The molecule has 0 atom stereocenters. The Balaban J connectivity index is 2.70. The fourth-order valence-electron chi connectivity index (χ4n) is 2.17. The third-order valence-corrected chi connectivity index (χ3v) is 3.18. The molecule has 5 heteroatoms. The molecule has 1 aliphatic rings. The zero-order valence-corrected chi connectivity index (χ0v) is 11.3. The highest BCUT2D eigenvalue weighted by Crippen LogP contribution is 2.21. The number of nitrogens with zero attached hydrogens (tertiary/aromatic N) is 2. The molecule has 0 unspecified atom stereocenters. The Hall–Kier alpha value is -1.12. The fraction of sp³-hybridized carbons (Fsp3) is 0.846. The monoisotopic (exact) mass is 253 g/mol. The van der Waals surface area contributed by atoms with Gasteiger partial charge in [0.1, 0.15) is 0 Å². The summed E-state index contributed by atoms with van der Waals surface area (Å²) in [7, 11) is 0. The molecule has 0 aromatic heterocycles.